The van der Waals surface area contributed by atoms with Gasteiger partial charge >= 0.3 is 0 Å². The second-order valence-electron chi connectivity index (χ2n) is 7.59. The van der Waals surface area contributed by atoms with Gasteiger partial charge in [0, 0.05) is 31.6 Å². The summed E-state index contributed by atoms with van der Waals surface area (Å²) < 4.78 is 28.9. The molecule has 1 saturated heterocycles. The minimum atomic E-state index is -3.50. The number of hydrogen-bond donors (Lipinski definition) is 0. The highest BCUT2D eigenvalue weighted by Gasteiger charge is 2.28. The molecule has 1 aliphatic heterocycles. The van der Waals surface area contributed by atoms with Crippen molar-refractivity contribution < 1.29 is 8.42 Å². The maximum atomic E-state index is 13.0. The number of piperazine rings is 1. The Morgan fingerprint density at radius 1 is 0.967 bits per heavy atom. The number of benzene rings is 2. The van der Waals surface area contributed by atoms with Crippen molar-refractivity contribution in [3.05, 3.63) is 70.6 Å². The zero-order valence-electron chi connectivity index (χ0n) is 17.1. The largest absolute Gasteiger partial charge is 0.282 e. The molecule has 0 saturated carbocycles. The molecule has 7 nitrogen and oxygen atoms in total. The van der Waals surface area contributed by atoms with Gasteiger partial charge in [0.05, 0.1) is 23.1 Å². The van der Waals surface area contributed by atoms with Gasteiger partial charge in [-0.1, -0.05) is 43.7 Å². The SMILES string of the molecule is CCCc1ccc(S(=O)(=O)N2CCN(Cn3ncc4ccccc4c3=O)CC2)cc1. The van der Waals surface area contributed by atoms with Crippen LogP contribution in [0.3, 0.4) is 0 Å². The predicted molar refractivity (Wildman–Crippen MR) is 117 cm³/mol. The first-order chi connectivity index (χ1) is 14.5. The van der Waals surface area contributed by atoms with Gasteiger partial charge in [-0.25, -0.2) is 13.1 Å². The van der Waals surface area contributed by atoms with Crippen LogP contribution in [0.2, 0.25) is 0 Å². The van der Waals surface area contributed by atoms with E-state index in [-0.39, 0.29) is 5.56 Å². The maximum Gasteiger partial charge on any atom is 0.275 e. The second kappa shape index (κ2) is 8.67. The van der Waals surface area contributed by atoms with E-state index in [1.165, 1.54) is 8.99 Å². The van der Waals surface area contributed by atoms with Crippen LogP contribution in [0.5, 0.6) is 0 Å². The first-order valence-electron chi connectivity index (χ1n) is 10.3. The fourth-order valence-electron chi connectivity index (χ4n) is 3.80. The lowest BCUT2D eigenvalue weighted by molar-refractivity contribution is 0.143. The van der Waals surface area contributed by atoms with Gasteiger partial charge < -0.3 is 0 Å². The third-order valence-corrected chi connectivity index (χ3v) is 7.44. The van der Waals surface area contributed by atoms with Crippen molar-refractivity contribution in [3.63, 3.8) is 0 Å². The van der Waals surface area contributed by atoms with E-state index in [4.69, 9.17) is 0 Å². The average molecular weight is 427 g/mol. The fraction of sp³-hybridized carbons (Fsp3) is 0.364. The normalized spacial score (nSPS) is 16.2. The summed E-state index contributed by atoms with van der Waals surface area (Å²) in [6.45, 7) is 4.33. The summed E-state index contributed by atoms with van der Waals surface area (Å²) in [6.07, 6.45) is 3.67. The van der Waals surface area contributed by atoms with E-state index in [2.05, 4.69) is 16.9 Å². The lowest BCUT2D eigenvalue weighted by atomic mass is 10.1. The van der Waals surface area contributed by atoms with Gasteiger partial charge in [-0.15, -0.1) is 0 Å². The topological polar surface area (TPSA) is 75.5 Å². The number of sulfonamides is 1. The molecule has 158 valence electrons. The number of aryl methyl sites for hydroxylation is 1. The Morgan fingerprint density at radius 2 is 1.67 bits per heavy atom. The zero-order valence-corrected chi connectivity index (χ0v) is 17.9. The van der Waals surface area contributed by atoms with E-state index in [1.54, 1.807) is 24.4 Å². The summed E-state index contributed by atoms with van der Waals surface area (Å²) in [6, 6.07) is 14.6. The second-order valence-corrected chi connectivity index (χ2v) is 9.53. The molecule has 0 atom stereocenters. The molecule has 2 aromatic carbocycles. The van der Waals surface area contributed by atoms with E-state index in [0.717, 1.165) is 23.8 Å². The summed E-state index contributed by atoms with van der Waals surface area (Å²) in [5.74, 6) is 0. The molecule has 3 aromatic rings. The van der Waals surface area contributed by atoms with Crippen LogP contribution in [-0.2, 0) is 23.1 Å². The number of nitrogens with zero attached hydrogens (tertiary/aromatic N) is 4. The van der Waals surface area contributed by atoms with Crippen LogP contribution < -0.4 is 5.56 Å². The van der Waals surface area contributed by atoms with Gasteiger partial charge in [0.15, 0.2) is 0 Å². The van der Waals surface area contributed by atoms with E-state index < -0.39 is 10.0 Å². The molecule has 0 unspecified atom stereocenters. The Hall–Kier alpha value is -2.55. The third-order valence-electron chi connectivity index (χ3n) is 5.53. The van der Waals surface area contributed by atoms with Crippen molar-refractivity contribution in [2.45, 2.75) is 31.3 Å². The highest BCUT2D eigenvalue weighted by Crippen LogP contribution is 2.19. The van der Waals surface area contributed by atoms with Gasteiger partial charge in [-0.3, -0.25) is 9.69 Å². The Morgan fingerprint density at radius 3 is 2.37 bits per heavy atom. The predicted octanol–water partition coefficient (Wildman–Crippen LogP) is 2.31. The monoisotopic (exact) mass is 426 g/mol. The van der Waals surface area contributed by atoms with Crippen LogP contribution in [0.1, 0.15) is 18.9 Å². The number of fused-ring (bicyclic) bond motifs is 1. The molecule has 0 N–H and O–H groups in total. The van der Waals surface area contributed by atoms with E-state index >= 15 is 0 Å². The molecule has 2 heterocycles. The summed E-state index contributed by atoms with van der Waals surface area (Å²) in [5, 5.41) is 5.73. The van der Waals surface area contributed by atoms with Gasteiger partial charge in [0.1, 0.15) is 0 Å². The molecule has 8 heteroatoms. The lowest BCUT2D eigenvalue weighted by Gasteiger charge is -2.33. The maximum absolute atomic E-state index is 13.0. The smallest absolute Gasteiger partial charge is 0.275 e. The summed E-state index contributed by atoms with van der Waals surface area (Å²) in [5.41, 5.74) is 1.02. The highest BCUT2D eigenvalue weighted by atomic mass is 32.2. The average Bonchev–Trinajstić information content (AvgIpc) is 2.77. The lowest BCUT2D eigenvalue weighted by Crippen LogP contribution is -2.49. The molecule has 0 aliphatic carbocycles. The minimum absolute atomic E-state index is 0.129. The van der Waals surface area contributed by atoms with Crippen molar-refractivity contribution in [2.24, 2.45) is 0 Å². The highest BCUT2D eigenvalue weighted by molar-refractivity contribution is 7.89. The summed E-state index contributed by atoms with van der Waals surface area (Å²) >= 11 is 0. The van der Waals surface area contributed by atoms with E-state index in [9.17, 15) is 13.2 Å². The van der Waals surface area contributed by atoms with Gasteiger partial charge in [-0.2, -0.15) is 9.40 Å². The molecule has 0 spiro atoms. The van der Waals surface area contributed by atoms with Crippen LogP contribution in [0, 0.1) is 0 Å². The van der Waals surface area contributed by atoms with Gasteiger partial charge in [-0.05, 0) is 30.2 Å². The Bertz CT molecular complexity index is 1180. The van der Waals surface area contributed by atoms with Crippen molar-refractivity contribution in [2.75, 3.05) is 26.2 Å². The first kappa shape index (κ1) is 20.7. The Kier molecular flexibility index (Phi) is 5.99. The number of aromatic nitrogens is 2. The van der Waals surface area contributed by atoms with Crippen molar-refractivity contribution in [1.82, 2.24) is 19.0 Å². The molecule has 0 radical (unpaired) electrons. The van der Waals surface area contributed by atoms with Gasteiger partial charge in [0.25, 0.3) is 5.56 Å². The van der Waals surface area contributed by atoms with Crippen LogP contribution >= 0.6 is 0 Å². The molecule has 1 aliphatic rings. The third kappa shape index (κ3) is 4.16. The molecule has 1 aromatic heterocycles. The number of hydrogen-bond acceptors (Lipinski definition) is 5. The zero-order chi connectivity index (χ0) is 21.1. The molecule has 0 bridgehead atoms. The summed E-state index contributed by atoms with van der Waals surface area (Å²) in [4.78, 5) is 15.0. The Balaban J connectivity index is 1.42. The first-order valence-corrected chi connectivity index (χ1v) is 11.7. The van der Waals surface area contributed by atoms with Crippen molar-refractivity contribution in [3.8, 4) is 0 Å². The van der Waals surface area contributed by atoms with Crippen LogP contribution in [0.15, 0.2) is 64.4 Å². The van der Waals surface area contributed by atoms with Crippen LogP contribution in [0.4, 0.5) is 0 Å². The number of rotatable bonds is 6. The van der Waals surface area contributed by atoms with Crippen molar-refractivity contribution in [1.29, 1.82) is 0 Å². The van der Waals surface area contributed by atoms with Crippen LogP contribution in [0.25, 0.3) is 10.8 Å². The molecule has 1 fully saturated rings. The molecular formula is C22H26N4O3S. The molecule has 0 amide bonds. The standard InChI is InChI=1S/C22H26N4O3S/c1-2-5-18-8-10-20(11-9-18)30(28,29)25-14-12-24(13-15-25)17-26-22(27)21-7-4-3-6-19(21)16-23-26/h3-4,6-11,16H,2,5,12-15,17H2,1H3. The van der Waals surface area contributed by atoms with Crippen LogP contribution in [-0.4, -0.2) is 53.6 Å². The molecule has 4 rings (SSSR count). The molecular weight excluding hydrogens is 400 g/mol. The van der Waals surface area contributed by atoms with Gasteiger partial charge in [0.2, 0.25) is 10.0 Å². The van der Waals surface area contributed by atoms with Crippen molar-refractivity contribution >= 4 is 20.8 Å². The Labute approximate surface area is 176 Å². The minimum Gasteiger partial charge on any atom is -0.282 e. The quantitative estimate of drug-likeness (QED) is 0.605. The van der Waals surface area contributed by atoms with E-state index in [0.29, 0.717) is 43.1 Å². The molecule has 30 heavy (non-hydrogen) atoms. The fourth-order valence-corrected chi connectivity index (χ4v) is 5.22. The summed E-state index contributed by atoms with van der Waals surface area (Å²) in [7, 11) is -3.50. The van der Waals surface area contributed by atoms with E-state index in [1.807, 2.05) is 30.3 Å².